The average molecular weight is 294 g/mol. The van der Waals surface area contributed by atoms with Gasteiger partial charge < -0.3 is 15.0 Å². The predicted molar refractivity (Wildman–Crippen MR) is 85.3 cm³/mol. The van der Waals surface area contributed by atoms with E-state index in [1.165, 1.54) is 0 Å². The monoisotopic (exact) mass is 294 g/mol. The molecule has 0 spiro atoms. The van der Waals surface area contributed by atoms with E-state index in [9.17, 15) is 4.39 Å². The van der Waals surface area contributed by atoms with E-state index < -0.39 is 0 Å². The molecule has 1 aliphatic rings. The summed E-state index contributed by atoms with van der Waals surface area (Å²) >= 11 is 0. The molecule has 4 heteroatoms. The Bertz CT molecular complexity index is 490. The van der Waals surface area contributed by atoms with Crippen LogP contribution in [0.1, 0.15) is 46.2 Å². The van der Waals surface area contributed by atoms with Crippen molar-refractivity contribution in [3.8, 4) is 0 Å². The lowest BCUT2D eigenvalue weighted by Crippen LogP contribution is -2.52. The molecule has 0 bridgehead atoms. The van der Waals surface area contributed by atoms with Gasteiger partial charge in [-0.2, -0.15) is 0 Å². The molecule has 0 aromatic heterocycles. The van der Waals surface area contributed by atoms with Crippen molar-refractivity contribution >= 4 is 5.69 Å². The van der Waals surface area contributed by atoms with Gasteiger partial charge >= 0.3 is 0 Å². The summed E-state index contributed by atoms with van der Waals surface area (Å²) in [7, 11) is 0. The summed E-state index contributed by atoms with van der Waals surface area (Å²) in [6.45, 7) is 12.5. The summed E-state index contributed by atoms with van der Waals surface area (Å²) in [5, 5.41) is 3.31. The smallest absolute Gasteiger partial charge is 0.146 e. The minimum Gasteiger partial charge on any atom is -0.369 e. The third kappa shape index (κ3) is 3.95. The van der Waals surface area contributed by atoms with Gasteiger partial charge in [0.05, 0.1) is 17.4 Å². The second-order valence-electron chi connectivity index (χ2n) is 6.56. The van der Waals surface area contributed by atoms with Gasteiger partial charge in [-0.15, -0.1) is 0 Å². The third-order valence-electron chi connectivity index (χ3n) is 3.89. The predicted octanol–water partition coefficient (Wildman–Crippen LogP) is 3.50. The summed E-state index contributed by atoms with van der Waals surface area (Å²) in [6.07, 6.45) is 0.105. The molecular formula is C17H27FN2O. The molecule has 2 rings (SSSR count). The highest BCUT2D eigenvalue weighted by atomic mass is 19.1. The maximum absolute atomic E-state index is 14.5. The van der Waals surface area contributed by atoms with Crippen LogP contribution in [-0.4, -0.2) is 31.3 Å². The van der Waals surface area contributed by atoms with Crippen molar-refractivity contribution in [3.05, 3.63) is 29.6 Å². The molecule has 2 atom stereocenters. The molecule has 118 valence electrons. The molecule has 1 saturated heterocycles. The van der Waals surface area contributed by atoms with E-state index >= 15 is 0 Å². The van der Waals surface area contributed by atoms with E-state index in [0.29, 0.717) is 12.2 Å². The Labute approximate surface area is 127 Å². The molecule has 0 amide bonds. The minimum absolute atomic E-state index is 0.105. The summed E-state index contributed by atoms with van der Waals surface area (Å²) in [5.41, 5.74) is 1.41. The van der Waals surface area contributed by atoms with Crippen LogP contribution in [0.25, 0.3) is 0 Å². The summed E-state index contributed by atoms with van der Waals surface area (Å²) < 4.78 is 20.4. The van der Waals surface area contributed by atoms with Crippen LogP contribution in [0.3, 0.4) is 0 Å². The molecule has 1 aromatic carbocycles. The van der Waals surface area contributed by atoms with E-state index in [1.807, 2.05) is 19.1 Å². The first-order valence-corrected chi connectivity index (χ1v) is 7.78. The Morgan fingerprint density at radius 2 is 2.19 bits per heavy atom. The molecule has 1 heterocycles. The molecule has 1 aliphatic heterocycles. The van der Waals surface area contributed by atoms with Gasteiger partial charge in [0.2, 0.25) is 0 Å². The number of hydrogen-bond acceptors (Lipinski definition) is 3. The lowest BCUT2D eigenvalue weighted by atomic mass is 10.0. The second-order valence-corrected chi connectivity index (χ2v) is 6.56. The fourth-order valence-corrected chi connectivity index (χ4v) is 3.11. The van der Waals surface area contributed by atoms with Gasteiger partial charge in [0.25, 0.3) is 0 Å². The molecule has 0 aliphatic carbocycles. The van der Waals surface area contributed by atoms with Crippen molar-refractivity contribution in [1.82, 2.24) is 5.32 Å². The zero-order chi connectivity index (χ0) is 15.6. The molecular weight excluding hydrogens is 267 g/mol. The van der Waals surface area contributed by atoms with Gasteiger partial charge in [0.1, 0.15) is 5.82 Å². The van der Waals surface area contributed by atoms with E-state index in [0.717, 1.165) is 18.7 Å². The Kier molecular flexibility index (Phi) is 4.89. The van der Waals surface area contributed by atoms with E-state index in [2.05, 4.69) is 37.9 Å². The number of hydrogen-bond donors (Lipinski definition) is 1. The van der Waals surface area contributed by atoms with Gasteiger partial charge in [0, 0.05) is 19.1 Å². The maximum Gasteiger partial charge on any atom is 0.146 e. The number of nitrogens with one attached hydrogen (secondary N) is 1. The first kappa shape index (κ1) is 16.2. The number of nitrogens with zero attached hydrogens (tertiary/aromatic N) is 1. The maximum atomic E-state index is 14.5. The SMILES string of the molecule is CCNC(C)c1ccc(N2CC(C)OC(C)(C)C2)c(F)c1. The third-order valence-corrected chi connectivity index (χ3v) is 3.89. The minimum atomic E-state index is -0.250. The van der Waals surface area contributed by atoms with E-state index in [4.69, 9.17) is 4.74 Å². The standard InChI is InChI=1S/C17H27FN2O/c1-6-19-13(3)14-7-8-16(15(18)9-14)20-10-12(2)21-17(4,5)11-20/h7-9,12-13,19H,6,10-11H2,1-5H3. The first-order valence-electron chi connectivity index (χ1n) is 7.78. The summed E-state index contributed by atoms with van der Waals surface area (Å²) in [6, 6.07) is 5.72. The van der Waals surface area contributed by atoms with Crippen molar-refractivity contribution < 1.29 is 9.13 Å². The van der Waals surface area contributed by atoms with E-state index in [1.54, 1.807) is 6.07 Å². The van der Waals surface area contributed by atoms with Crippen molar-refractivity contribution in [3.63, 3.8) is 0 Å². The first-order chi connectivity index (χ1) is 9.82. The van der Waals surface area contributed by atoms with Crippen LogP contribution in [0, 0.1) is 5.82 Å². The van der Waals surface area contributed by atoms with Gasteiger partial charge in [-0.3, -0.25) is 0 Å². The Morgan fingerprint density at radius 1 is 1.48 bits per heavy atom. The highest BCUT2D eigenvalue weighted by Gasteiger charge is 2.32. The molecule has 1 fully saturated rings. The van der Waals surface area contributed by atoms with Crippen LogP contribution in [0.4, 0.5) is 10.1 Å². The molecule has 1 N–H and O–H groups in total. The normalized spacial score (nSPS) is 23.1. The average Bonchev–Trinajstić information content (AvgIpc) is 2.36. The summed E-state index contributed by atoms with van der Waals surface area (Å²) in [4.78, 5) is 2.09. The van der Waals surface area contributed by atoms with Gasteiger partial charge in [-0.05, 0) is 51.9 Å². The Balaban J connectivity index is 2.20. The van der Waals surface area contributed by atoms with Crippen molar-refractivity contribution in [2.24, 2.45) is 0 Å². The lowest BCUT2D eigenvalue weighted by Gasteiger charge is -2.43. The fourth-order valence-electron chi connectivity index (χ4n) is 3.11. The molecule has 0 radical (unpaired) electrons. The highest BCUT2D eigenvalue weighted by molar-refractivity contribution is 5.50. The van der Waals surface area contributed by atoms with Crippen molar-refractivity contribution in [2.45, 2.75) is 52.4 Å². The van der Waals surface area contributed by atoms with Crippen LogP contribution in [-0.2, 0) is 4.74 Å². The Hall–Kier alpha value is -1.13. The molecule has 3 nitrogen and oxygen atoms in total. The second kappa shape index (κ2) is 6.32. The largest absolute Gasteiger partial charge is 0.369 e. The number of anilines is 1. The van der Waals surface area contributed by atoms with Crippen molar-refractivity contribution in [1.29, 1.82) is 0 Å². The number of benzene rings is 1. The quantitative estimate of drug-likeness (QED) is 0.920. The highest BCUT2D eigenvalue weighted by Crippen LogP contribution is 2.29. The molecule has 2 unspecified atom stereocenters. The van der Waals surface area contributed by atoms with Gasteiger partial charge in [0.15, 0.2) is 0 Å². The zero-order valence-electron chi connectivity index (χ0n) is 13.7. The van der Waals surface area contributed by atoms with E-state index in [-0.39, 0.29) is 23.6 Å². The zero-order valence-corrected chi connectivity index (χ0v) is 13.7. The van der Waals surface area contributed by atoms with Crippen LogP contribution in [0.2, 0.25) is 0 Å². The van der Waals surface area contributed by atoms with Gasteiger partial charge in [-0.1, -0.05) is 13.0 Å². The Morgan fingerprint density at radius 3 is 2.76 bits per heavy atom. The van der Waals surface area contributed by atoms with Crippen LogP contribution in [0.5, 0.6) is 0 Å². The van der Waals surface area contributed by atoms with Crippen molar-refractivity contribution in [2.75, 3.05) is 24.5 Å². The van der Waals surface area contributed by atoms with Gasteiger partial charge in [-0.25, -0.2) is 4.39 Å². The number of halogens is 1. The van der Waals surface area contributed by atoms with Crippen LogP contribution >= 0.6 is 0 Å². The number of ether oxygens (including phenoxy) is 1. The van der Waals surface area contributed by atoms with Crippen LogP contribution in [0.15, 0.2) is 18.2 Å². The molecule has 1 aromatic rings. The topological polar surface area (TPSA) is 24.5 Å². The van der Waals surface area contributed by atoms with Crippen LogP contribution < -0.4 is 10.2 Å². The summed E-state index contributed by atoms with van der Waals surface area (Å²) in [5.74, 6) is -0.151. The number of morpholine rings is 1. The number of rotatable bonds is 4. The fraction of sp³-hybridized carbons (Fsp3) is 0.647. The lowest BCUT2D eigenvalue weighted by molar-refractivity contribution is -0.0751. The molecule has 21 heavy (non-hydrogen) atoms. The molecule has 0 saturated carbocycles.